The molecule has 0 aromatic carbocycles. The van der Waals surface area contributed by atoms with Gasteiger partial charge in [0.25, 0.3) is 0 Å². The Kier molecular flexibility index (Phi) is 3.30. The zero-order valence-corrected chi connectivity index (χ0v) is 10.5. The number of thiophene rings is 1. The first kappa shape index (κ1) is 11.6. The molecule has 86 valence electrons. The maximum atomic E-state index is 11.4. The number of rotatable bonds is 2. The van der Waals surface area contributed by atoms with E-state index in [2.05, 4.69) is 0 Å². The molecule has 3 nitrogen and oxygen atoms in total. The molecule has 0 radical (unpaired) electrons. The second-order valence-corrected chi connectivity index (χ2v) is 5.21. The molecule has 0 N–H and O–H groups in total. The van der Waals surface area contributed by atoms with E-state index >= 15 is 0 Å². The van der Waals surface area contributed by atoms with E-state index in [1.165, 1.54) is 16.2 Å². The molecule has 1 amide bonds. The van der Waals surface area contributed by atoms with Crippen molar-refractivity contribution in [2.24, 2.45) is 0 Å². The molecule has 1 aromatic rings. The molecule has 1 aromatic heterocycles. The van der Waals surface area contributed by atoms with Crippen LogP contribution in [0.4, 0.5) is 0 Å². The van der Waals surface area contributed by atoms with Gasteiger partial charge in [0.2, 0.25) is 5.91 Å². The van der Waals surface area contributed by atoms with E-state index in [-0.39, 0.29) is 17.6 Å². The third-order valence-electron chi connectivity index (χ3n) is 2.71. The van der Waals surface area contributed by atoms with Gasteiger partial charge in [-0.25, -0.2) is 0 Å². The predicted molar refractivity (Wildman–Crippen MR) is 64.2 cm³/mol. The van der Waals surface area contributed by atoms with Crippen LogP contribution < -0.4 is 0 Å². The average molecular weight is 258 g/mol. The van der Waals surface area contributed by atoms with E-state index in [1.807, 2.05) is 6.07 Å². The average Bonchev–Trinajstić information content (AvgIpc) is 2.70. The highest BCUT2D eigenvalue weighted by Crippen LogP contribution is 2.28. The molecular formula is C11H12ClNO2S. The Morgan fingerprint density at radius 2 is 2.31 bits per heavy atom. The number of nitrogens with zero attached hydrogens (tertiary/aromatic N) is 1. The Hall–Kier alpha value is -0.870. The van der Waals surface area contributed by atoms with E-state index in [1.54, 1.807) is 11.8 Å². The second kappa shape index (κ2) is 4.55. The number of carbonyl (C=O) groups excluding carboxylic acids is 2. The number of alkyl halides is 1. The lowest BCUT2D eigenvalue weighted by atomic mass is 10.1. The SMILES string of the molecule is CC(=O)N1CCc2sc(C(=O)CCl)cc2C1. The van der Waals surface area contributed by atoms with Gasteiger partial charge in [-0.1, -0.05) is 0 Å². The summed E-state index contributed by atoms with van der Waals surface area (Å²) in [4.78, 5) is 26.4. The van der Waals surface area contributed by atoms with Crippen molar-refractivity contribution in [3.8, 4) is 0 Å². The van der Waals surface area contributed by atoms with Gasteiger partial charge >= 0.3 is 0 Å². The van der Waals surface area contributed by atoms with Crippen LogP contribution in [0.15, 0.2) is 6.07 Å². The molecule has 0 saturated heterocycles. The number of hydrogen-bond acceptors (Lipinski definition) is 3. The van der Waals surface area contributed by atoms with Crippen LogP contribution in [0.1, 0.15) is 27.0 Å². The minimum atomic E-state index is -0.0320. The minimum absolute atomic E-state index is 0.0236. The quantitative estimate of drug-likeness (QED) is 0.601. The third kappa shape index (κ3) is 2.13. The van der Waals surface area contributed by atoms with Gasteiger partial charge in [0.1, 0.15) is 0 Å². The van der Waals surface area contributed by atoms with Crippen molar-refractivity contribution in [3.63, 3.8) is 0 Å². The molecule has 0 unspecified atom stereocenters. The summed E-state index contributed by atoms with van der Waals surface area (Å²) in [5.74, 6) is 0.0769. The van der Waals surface area contributed by atoms with Crippen molar-refractivity contribution in [3.05, 3.63) is 21.4 Å². The highest BCUT2D eigenvalue weighted by molar-refractivity contribution is 7.14. The first-order chi connectivity index (χ1) is 7.61. The Labute approximate surface area is 103 Å². The van der Waals surface area contributed by atoms with Gasteiger partial charge in [-0.2, -0.15) is 0 Å². The highest BCUT2D eigenvalue weighted by Gasteiger charge is 2.22. The van der Waals surface area contributed by atoms with Crippen LogP contribution in [0.25, 0.3) is 0 Å². The van der Waals surface area contributed by atoms with Crippen molar-refractivity contribution in [1.82, 2.24) is 4.90 Å². The fourth-order valence-corrected chi connectivity index (χ4v) is 3.13. The summed E-state index contributed by atoms with van der Waals surface area (Å²) < 4.78 is 0. The largest absolute Gasteiger partial charge is 0.338 e. The monoisotopic (exact) mass is 257 g/mol. The van der Waals surface area contributed by atoms with Crippen molar-refractivity contribution < 1.29 is 9.59 Å². The van der Waals surface area contributed by atoms with Gasteiger partial charge in [-0.3, -0.25) is 9.59 Å². The molecule has 0 atom stereocenters. The highest BCUT2D eigenvalue weighted by atomic mass is 35.5. The molecule has 2 heterocycles. The van der Waals surface area contributed by atoms with E-state index in [9.17, 15) is 9.59 Å². The molecule has 0 saturated carbocycles. The zero-order valence-electron chi connectivity index (χ0n) is 8.96. The van der Waals surface area contributed by atoms with Crippen molar-refractivity contribution in [2.75, 3.05) is 12.4 Å². The fourth-order valence-electron chi connectivity index (χ4n) is 1.81. The van der Waals surface area contributed by atoms with Gasteiger partial charge in [0, 0.05) is 24.9 Å². The summed E-state index contributed by atoms with van der Waals surface area (Å²) in [6, 6.07) is 1.87. The zero-order chi connectivity index (χ0) is 11.7. The van der Waals surface area contributed by atoms with Crippen molar-refractivity contribution in [2.45, 2.75) is 19.9 Å². The number of Topliss-reactive ketones (excluding diaryl/α,β-unsaturated/α-hetero) is 1. The van der Waals surface area contributed by atoms with E-state index in [0.717, 1.165) is 18.5 Å². The first-order valence-electron chi connectivity index (χ1n) is 5.08. The van der Waals surface area contributed by atoms with Crippen molar-refractivity contribution >= 4 is 34.6 Å². The summed E-state index contributed by atoms with van der Waals surface area (Å²) >= 11 is 7.03. The van der Waals surface area contributed by atoms with Gasteiger partial charge < -0.3 is 4.90 Å². The molecular weight excluding hydrogens is 246 g/mol. The van der Waals surface area contributed by atoms with E-state index in [0.29, 0.717) is 11.4 Å². The maximum Gasteiger partial charge on any atom is 0.219 e. The summed E-state index contributed by atoms with van der Waals surface area (Å²) in [5.41, 5.74) is 1.10. The molecule has 1 aliphatic rings. The van der Waals surface area contributed by atoms with E-state index in [4.69, 9.17) is 11.6 Å². The smallest absolute Gasteiger partial charge is 0.219 e. The number of carbonyl (C=O) groups is 2. The summed E-state index contributed by atoms with van der Waals surface area (Å²) in [6.45, 7) is 2.94. The van der Waals surface area contributed by atoms with E-state index < -0.39 is 0 Å². The van der Waals surface area contributed by atoms with Crippen LogP contribution in [0, 0.1) is 0 Å². The molecule has 5 heteroatoms. The minimum Gasteiger partial charge on any atom is -0.338 e. The fraction of sp³-hybridized carbons (Fsp3) is 0.455. The number of fused-ring (bicyclic) bond motifs is 1. The van der Waals surface area contributed by atoms with Gasteiger partial charge in [0.05, 0.1) is 10.8 Å². The second-order valence-electron chi connectivity index (χ2n) is 3.81. The van der Waals surface area contributed by atoms with Crippen LogP contribution in [-0.2, 0) is 17.8 Å². The van der Waals surface area contributed by atoms with Crippen LogP contribution in [0.5, 0.6) is 0 Å². The molecule has 0 aliphatic carbocycles. The Bertz CT molecular complexity index is 441. The molecule has 2 rings (SSSR count). The number of halogens is 1. The third-order valence-corrected chi connectivity index (χ3v) is 4.23. The Morgan fingerprint density at radius 1 is 1.56 bits per heavy atom. The first-order valence-corrected chi connectivity index (χ1v) is 6.43. The number of hydrogen-bond donors (Lipinski definition) is 0. The van der Waals surface area contributed by atoms with Crippen LogP contribution >= 0.6 is 22.9 Å². The van der Waals surface area contributed by atoms with Crippen LogP contribution in [0.3, 0.4) is 0 Å². The molecule has 16 heavy (non-hydrogen) atoms. The topological polar surface area (TPSA) is 37.4 Å². The molecule has 0 fully saturated rings. The summed E-state index contributed by atoms with van der Waals surface area (Å²) in [6.07, 6.45) is 0.842. The van der Waals surface area contributed by atoms with Gasteiger partial charge in [-0.05, 0) is 18.1 Å². The molecule has 0 spiro atoms. The van der Waals surface area contributed by atoms with Crippen molar-refractivity contribution in [1.29, 1.82) is 0 Å². The lowest BCUT2D eigenvalue weighted by Gasteiger charge is -2.25. The summed E-state index contributed by atoms with van der Waals surface area (Å²) in [7, 11) is 0. The van der Waals surface area contributed by atoms with Crippen LogP contribution in [-0.4, -0.2) is 29.0 Å². The predicted octanol–water partition coefficient (Wildman–Crippen LogP) is 2.07. The normalized spacial score (nSPS) is 14.8. The maximum absolute atomic E-state index is 11.4. The van der Waals surface area contributed by atoms with Gasteiger partial charge in [0.15, 0.2) is 5.78 Å². The van der Waals surface area contributed by atoms with Crippen LogP contribution in [0.2, 0.25) is 0 Å². The Balaban J connectivity index is 2.23. The Morgan fingerprint density at radius 3 is 2.94 bits per heavy atom. The van der Waals surface area contributed by atoms with Gasteiger partial charge in [-0.15, -0.1) is 22.9 Å². The lowest BCUT2D eigenvalue weighted by Crippen LogP contribution is -2.33. The number of amides is 1. The molecule has 0 bridgehead atoms. The standard InChI is InChI=1S/C11H12ClNO2S/c1-7(14)13-3-2-10-8(6-13)4-11(16-10)9(15)5-12/h4H,2-3,5-6H2,1H3. The summed E-state index contributed by atoms with van der Waals surface area (Å²) in [5, 5.41) is 0. The molecule has 1 aliphatic heterocycles. The number of ketones is 1. The lowest BCUT2D eigenvalue weighted by molar-refractivity contribution is -0.129.